The number of hydrogen-bond donors (Lipinski definition) is 2. The zero-order chi connectivity index (χ0) is 5.41. The summed E-state index contributed by atoms with van der Waals surface area (Å²) in [5.74, 6) is 0. The van der Waals surface area contributed by atoms with Gasteiger partial charge in [0.1, 0.15) is 0 Å². The molecular weight excluding hydrogens is 304 g/mol. The van der Waals surface area contributed by atoms with Crippen LogP contribution in [0, 0.1) is 0 Å². The van der Waals surface area contributed by atoms with Gasteiger partial charge in [0.25, 0.3) is 0 Å². The van der Waals surface area contributed by atoms with Crippen LogP contribution in [0.25, 0.3) is 0 Å². The predicted molar refractivity (Wildman–Crippen MR) is 16.6 cm³/mol. The Hall–Kier alpha value is 0.421. The maximum absolute atomic E-state index is 8.24. The molecule has 0 amide bonds. The normalized spacial score (nSPS) is 3.00. The maximum atomic E-state index is 8.24. The van der Waals surface area contributed by atoms with Gasteiger partial charge in [0, 0.05) is 44.8 Å². The fraction of sp³-hybridized carbons (Fsp3) is 0. The summed E-state index contributed by atoms with van der Waals surface area (Å²) >= 11 is 0. The van der Waals surface area contributed by atoms with Crippen molar-refractivity contribution < 1.29 is 64.6 Å². The SMILES string of the molecule is O=[C-]O.O=[C-]O.[Ag].[Ag]. The van der Waals surface area contributed by atoms with Gasteiger partial charge >= 0.3 is 0 Å². The Kier molecular flexibility index (Phi) is 155. The van der Waals surface area contributed by atoms with Crippen LogP contribution in [0.5, 0.6) is 0 Å². The molecular formula is C2H2Ag2O4-2. The first kappa shape index (κ1) is 23.7. The summed E-state index contributed by atoms with van der Waals surface area (Å²) in [6.45, 7) is 1.00. The molecule has 0 aromatic carbocycles. The van der Waals surface area contributed by atoms with Gasteiger partial charge in [-0.2, -0.15) is 0 Å². The minimum absolute atomic E-state index is 0. The van der Waals surface area contributed by atoms with E-state index in [1.54, 1.807) is 0 Å². The van der Waals surface area contributed by atoms with Gasteiger partial charge in [-0.25, -0.2) is 0 Å². The van der Waals surface area contributed by atoms with Gasteiger partial charge in [0.15, 0.2) is 0 Å². The second kappa shape index (κ2) is 52.2. The van der Waals surface area contributed by atoms with E-state index in [9.17, 15) is 0 Å². The summed E-state index contributed by atoms with van der Waals surface area (Å²) in [4.78, 5) is 16.5. The van der Waals surface area contributed by atoms with Gasteiger partial charge < -0.3 is 19.8 Å². The van der Waals surface area contributed by atoms with Crippen molar-refractivity contribution in [3.63, 3.8) is 0 Å². The minimum Gasteiger partial charge on any atom is -0.665 e. The van der Waals surface area contributed by atoms with Crippen molar-refractivity contribution in [1.82, 2.24) is 0 Å². The molecule has 0 bridgehead atoms. The Morgan fingerprint density at radius 3 is 0.875 bits per heavy atom. The van der Waals surface area contributed by atoms with Gasteiger partial charge in [-0.05, 0) is 0 Å². The molecule has 58 valence electrons. The third kappa shape index (κ3) is 1070. The van der Waals surface area contributed by atoms with Crippen molar-refractivity contribution in [2.45, 2.75) is 0 Å². The van der Waals surface area contributed by atoms with Crippen molar-refractivity contribution in [3.8, 4) is 0 Å². The summed E-state index contributed by atoms with van der Waals surface area (Å²) in [7, 11) is 0. The molecule has 0 heterocycles. The molecule has 0 aliphatic rings. The monoisotopic (exact) mass is 304 g/mol. The number of hydrogen-bond acceptors (Lipinski definition) is 2. The summed E-state index contributed by atoms with van der Waals surface area (Å²) in [6, 6.07) is 0. The average Bonchev–Trinajstić information content (AvgIpc) is 1.39. The molecule has 0 aromatic heterocycles. The summed E-state index contributed by atoms with van der Waals surface area (Å²) < 4.78 is 0. The van der Waals surface area contributed by atoms with Crippen LogP contribution in [0.4, 0.5) is 0 Å². The van der Waals surface area contributed by atoms with Crippen LogP contribution in [0.2, 0.25) is 0 Å². The van der Waals surface area contributed by atoms with Crippen LogP contribution in [0.1, 0.15) is 0 Å². The van der Waals surface area contributed by atoms with Gasteiger partial charge in [-0.1, -0.05) is 12.9 Å². The molecule has 6 heteroatoms. The predicted octanol–water partition coefficient (Wildman–Crippen LogP) is -0.782. The Labute approximate surface area is 77.3 Å². The van der Waals surface area contributed by atoms with Gasteiger partial charge in [-0.15, -0.1) is 0 Å². The first-order valence-corrected chi connectivity index (χ1v) is 0.855. The molecule has 0 unspecified atom stereocenters. The molecule has 0 rings (SSSR count). The third-order valence-electron chi connectivity index (χ3n) is 0. The van der Waals surface area contributed by atoms with Crippen LogP contribution in [-0.4, -0.2) is 23.2 Å². The molecule has 0 atom stereocenters. The molecule has 8 heavy (non-hydrogen) atoms. The van der Waals surface area contributed by atoms with Crippen molar-refractivity contribution >= 4 is 12.9 Å². The van der Waals surface area contributed by atoms with Gasteiger partial charge in [0.2, 0.25) is 0 Å². The van der Waals surface area contributed by atoms with Crippen LogP contribution < -0.4 is 0 Å². The molecule has 0 aliphatic carbocycles. The van der Waals surface area contributed by atoms with E-state index in [0.717, 1.165) is 0 Å². The second-order valence-electron chi connectivity index (χ2n) is 0.183. The van der Waals surface area contributed by atoms with Crippen molar-refractivity contribution in [3.05, 3.63) is 0 Å². The number of aliphatic hydroxyl groups excluding tert-OH is 2. The van der Waals surface area contributed by atoms with E-state index in [0.29, 0.717) is 12.9 Å². The first-order valence-electron chi connectivity index (χ1n) is 0.855. The Balaban J connectivity index is -0.0000000160. The van der Waals surface area contributed by atoms with E-state index in [4.69, 9.17) is 19.8 Å². The van der Waals surface area contributed by atoms with Crippen LogP contribution >= 0.6 is 0 Å². The molecule has 0 saturated heterocycles. The van der Waals surface area contributed by atoms with Crippen molar-refractivity contribution in [1.29, 1.82) is 0 Å². The van der Waals surface area contributed by atoms with E-state index in [1.165, 1.54) is 0 Å². The molecule has 0 aromatic rings. The van der Waals surface area contributed by atoms with E-state index in [-0.39, 0.29) is 44.8 Å². The largest absolute Gasteiger partial charge is 0.665 e. The molecule has 0 aliphatic heterocycles. The van der Waals surface area contributed by atoms with E-state index < -0.39 is 0 Å². The van der Waals surface area contributed by atoms with E-state index in [1.807, 2.05) is 0 Å². The smallest absolute Gasteiger partial charge is 0 e. The number of rotatable bonds is 0. The third-order valence-corrected chi connectivity index (χ3v) is 0. The molecule has 0 spiro atoms. The van der Waals surface area contributed by atoms with Gasteiger partial charge in [-0.3, -0.25) is 0 Å². The molecule has 2 N–H and O–H groups in total. The van der Waals surface area contributed by atoms with E-state index in [2.05, 4.69) is 0 Å². The maximum Gasteiger partial charge on any atom is 0 e. The quantitative estimate of drug-likeness (QED) is 0.455. The molecule has 4 nitrogen and oxygen atoms in total. The molecule has 0 saturated carbocycles. The van der Waals surface area contributed by atoms with Crippen LogP contribution in [0.15, 0.2) is 0 Å². The second-order valence-corrected chi connectivity index (χ2v) is 0.183. The Morgan fingerprint density at radius 2 is 0.875 bits per heavy atom. The van der Waals surface area contributed by atoms with Crippen molar-refractivity contribution in [2.75, 3.05) is 0 Å². The minimum atomic E-state index is 0. The summed E-state index contributed by atoms with van der Waals surface area (Å²) in [6.07, 6.45) is 0. The summed E-state index contributed by atoms with van der Waals surface area (Å²) in [5, 5.41) is 13.5. The Morgan fingerprint density at radius 1 is 0.875 bits per heavy atom. The van der Waals surface area contributed by atoms with Crippen LogP contribution in [-0.2, 0) is 54.3 Å². The fourth-order valence-electron chi connectivity index (χ4n) is 0. The van der Waals surface area contributed by atoms with Crippen LogP contribution in [0.3, 0.4) is 0 Å². The average molecular weight is 306 g/mol. The van der Waals surface area contributed by atoms with E-state index >= 15 is 0 Å². The van der Waals surface area contributed by atoms with Gasteiger partial charge in [0.05, 0.1) is 0 Å². The van der Waals surface area contributed by atoms with Crippen molar-refractivity contribution in [2.24, 2.45) is 0 Å². The molecule has 0 fully saturated rings. The topological polar surface area (TPSA) is 74.6 Å². The first-order chi connectivity index (χ1) is 2.83. The zero-order valence-corrected chi connectivity index (χ0v) is 6.28. The Bertz CT molecular complexity index is 33.0. The standard InChI is InChI=1S/2CHO2.2Ag/c2*2-1-3;;/h2*(H,2,3);;/q2*-1;;. The molecule has 2 radical (unpaired) electrons. The summed E-state index contributed by atoms with van der Waals surface area (Å²) in [5.41, 5.74) is 0. The zero-order valence-electron chi connectivity index (χ0n) is 3.31. The fourth-order valence-corrected chi connectivity index (χ4v) is 0.